The Morgan fingerprint density at radius 1 is 0.597 bits per heavy atom. The van der Waals surface area contributed by atoms with Crippen molar-refractivity contribution in [3.05, 3.63) is 168 Å². The van der Waals surface area contributed by atoms with Crippen molar-refractivity contribution in [2.75, 3.05) is 0 Å². The van der Waals surface area contributed by atoms with E-state index in [0.717, 1.165) is 72.1 Å². The van der Waals surface area contributed by atoms with Crippen molar-refractivity contribution in [2.24, 2.45) is 0 Å². The zero-order chi connectivity index (χ0) is 50.1. The molecule has 0 spiro atoms. The Morgan fingerprint density at radius 2 is 1.25 bits per heavy atom. The Bertz CT molecular complexity index is 3730. The molecular weight excluding hydrogens is 1090 g/mol. The van der Waals surface area contributed by atoms with Crippen LogP contribution in [0.4, 0.5) is 0 Å². The van der Waals surface area contributed by atoms with Crippen molar-refractivity contribution in [1.82, 2.24) is 19.5 Å². The van der Waals surface area contributed by atoms with Crippen LogP contribution < -0.4 is 10.4 Å². The van der Waals surface area contributed by atoms with Crippen LogP contribution in [0.1, 0.15) is 77.0 Å². The molecule has 0 unspecified atom stereocenters. The van der Waals surface area contributed by atoms with Gasteiger partial charge in [-0.2, -0.15) is 0 Å². The normalized spacial score (nSPS) is 12.4. The van der Waals surface area contributed by atoms with Crippen LogP contribution in [0.25, 0.3) is 94.6 Å². The van der Waals surface area contributed by atoms with Gasteiger partial charge < -0.3 is 18.4 Å². The van der Waals surface area contributed by atoms with Crippen molar-refractivity contribution in [2.45, 2.75) is 105 Å². The second kappa shape index (κ2) is 19.3. The van der Waals surface area contributed by atoms with E-state index in [1.807, 2.05) is 60.8 Å². The summed E-state index contributed by atoms with van der Waals surface area (Å²) in [6, 6.07) is 53.9. The Balaban J connectivity index is 0.000000321. The van der Waals surface area contributed by atoms with E-state index in [0.29, 0.717) is 5.71 Å². The number of pyridine rings is 2. The summed E-state index contributed by atoms with van der Waals surface area (Å²) in [5, 5.41) is 5.89. The van der Waals surface area contributed by atoms with Gasteiger partial charge in [0.1, 0.15) is 11.1 Å². The predicted octanol–water partition coefficient (Wildman–Crippen LogP) is 16.5. The number of furan rings is 2. The van der Waals surface area contributed by atoms with Gasteiger partial charge in [-0.25, -0.2) is 4.98 Å². The Hall–Kier alpha value is -6.23. The molecule has 0 N–H and O–H groups in total. The summed E-state index contributed by atoms with van der Waals surface area (Å²) >= 11 is 0. The quantitative estimate of drug-likeness (QED) is 0.112. The summed E-state index contributed by atoms with van der Waals surface area (Å²) in [6.45, 7) is 30.7. The fourth-order valence-corrected chi connectivity index (χ4v) is 12.1. The van der Waals surface area contributed by atoms with Crippen molar-refractivity contribution < 1.29 is 28.9 Å². The summed E-state index contributed by atoms with van der Waals surface area (Å²) in [4.78, 5) is 14.8. The van der Waals surface area contributed by atoms with Gasteiger partial charge in [0, 0.05) is 42.8 Å². The standard InChI is InChI=1S/C48H48N3O2Si2.C15H16N.Ir/c1-28(2)37-24-31(30-22-32(54(5,6)7)26-33(23-30)55(8,9)10)25-38(29(3)4)45(37)51-41-20-13-12-19-40(41)49-47(51)36-18-15-17-34-39-27-43-44(50-48(39)53-46(34)36)35-16-11-14-21-42(35)52-43;1-15(2,3)13-9-10-16-14(11-13)12-7-5-4-6-8-12;/h11-17,19-29H,1-10H3;4-7,9-11H,1-3H3;/q2*-1;. The Morgan fingerprint density at radius 3 is 1.90 bits per heavy atom. The van der Waals surface area contributed by atoms with Gasteiger partial charge in [0.15, 0.2) is 5.58 Å². The molecule has 0 aliphatic heterocycles. The van der Waals surface area contributed by atoms with Crippen molar-refractivity contribution in [3.63, 3.8) is 0 Å². The molecule has 0 bridgehead atoms. The largest absolute Gasteiger partial charge is 0.486 e. The number of hydrogen-bond donors (Lipinski definition) is 0. The number of aromatic nitrogens is 4. The third-order valence-electron chi connectivity index (χ3n) is 13.8. The van der Waals surface area contributed by atoms with Crippen LogP contribution in [-0.2, 0) is 25.5 Å². The van der Waals surface area contributed by atoms with E-state index in [9.17, 15) is 0 Å². The van der Waals surface area contributed by atoms with Crippen molar-refractivity contribution in [3.8, 4) is 39.5 Å². The first kappa shape index (κ1) is 50.7. The van der Waals surface area contributed by atoms with Gasteiger partial charge in [-0.05, 0) is 99.3 Å². The maximum absolute atomic E-state index is 6.73. The molecule has 0 aliphatic carbocycles. The molecule has 0 saturated heterocycles. The van der Waals surface area contributed by atoms with E-state index in [1.165, 1.54) is 43.9 Å². The molecule has 367 valence electrons. The SMILES string of the molecule is CC(C)(C)c1ccnc(-c2[c-]cccc2)c1.CC(C)c1cc(-c2cc([Si](C)(C)C)cc([Si](C)(C)C)c2)cc(C(C)C)c1-n1c(-c2[c-]ccc3c2oc2nc4c(cc23)oc2ccccc24)nc2ccccc21.[Ir]. The Kier molecular flexibility index (Phi) is 13.6. The number of fused-ring (bicyclic) bond motifs is 7. The van der Waals surface area contributed by atoms with Gasteiger partial charge in [0.25, 0.3) is 0 Å². The number of hydrogen-bond acceptors (Lipinski definition) is 5. The molecule has 9 heteroatoms. The molecule has 0 amide bonds. The van der Waals surface area contributed by atoms with Crippen LogP contribution >= 0.6 is 0 Å². The molecule has 6 aromatic carbocycles. The van der Waals surface area contributed by atoms with Crippen molar-refractivity contribution >= 4 is 81.7 Å². The molecular formula is C63H64IrN4O2Si2-2. The van der Waals surface area contributed by atoms with E-state index in [4.69, 9.17) is 18.8 Å². The number of imidazole rings is 1. The molecule has 0 fully saturated rings. The second-order valence-corrected chi connectivity index (χ2v) is 33.0. The summed E-state index contributed by atoms with van der Waals surface area (Å²) in [6.07, 6.45) is 1.87. The van der Waals surface area contributed by atoms with Gasteiger partial charge in [-0.3, -0.25) is 4.98 Å². The number of rotatable bonds is 8. The van der Waals surface area contributed by atoms with E-state index < -0.39 is 16.1 Å². The van der Waals surface area contributed by atoms with Crippen LogP contribution in [0.3, 0.4) is 0 Å². The topological polar surface area (TPSA) is 69.9 Å². The molecule has 5 aromatic heterocycles. The minimum atomic E-state index is -1.58. The number of para-hydroxylation sites is 3. The number of nitrogens with zero attached hydrogens (tertiary/aromatic N) is 4. The molecule has 11 rings (SSSR count). The van der Waals surface area contributed by atoms with Crippen LogP contribution in [0.5, 0.6) is 0 Å². The summed E-state index contributed by atoms with van der Waals surface area (Å²) in [5.74, 6) is 1.30. The summed E-state index contributed by atoms with van der Waals surface area (Å²) in [5.41, 5.74) is 16.3. The number of benzene rings is 6. The molecule has 0 aliphatic rings. The third kappa shape index (κ3) is 9.60. The molecule has 5 heterocycles. The van der Waals surface area contributed by atoms with E-state index in [-0.39, 0.29) is 37.4 Å². The van der Waals surface area contributed by atoms with Gasteiger partial charge in [-0.1, -0.05) is 158 Å². The fourth-order valence-electron chi connectivity index (χ4n) is 9.62. The zero-order valence-corrected chi connectivity index (χ0v) is 48.3. The fraction of sp³-hybridized carbons (Fsp3) is 0.254. The van der Waals surface area contributed by atoms with Crippen LogP contribution in [0.2, 0.25) is 39.3 Å². The minimum absolute atomic E-state index is 0. The van der Waals surface area contributed by atoms with Crippen LogP contribution in [-0.4, -0.2) is 35.7 Å². The third-order valence-corrected chi connectivity index (χ3v) is 17.8. The molecule has 11 aromatic rings. The van der Waals surface area contributed by atoms with E-state index >= 15 is 0 Å². The van der Waals surface area contributed by atoms with Crippen LogP contribution in [0.15, 0.2) is 148 Å². The Labute approximate surface area is 440 Å². The minimum Gasteiger partial charge on any atom is -0.486 e. The molecule has 72 heavy (non-hydrogen) atoms. The zero-order valence-electron chi connectivity index (χ0n) is 43.9. The molecule has 6 nitrogen and oxygen atoms in total. The average Bonchev–Trinajstić information content (AvgIpc) is 4.03. The predicted molar refractivity (Wildman–Crippen MR) is 304 cm³/mol. The summed E-state index contributed by atoms with van der Waals surface area (Å²) < 4.78 is 15.4. The molecule has 0 saturated carbocycles. The van der Waals surface area contributed by atoms with Gasteiger partial charge in [0.2, 0.25) is 5.71 Å². The first-order valence-corrected chi connectivity index (χ1v) is 32.1. The van der Waals surface area contributed by atoms with E-state index in [1.54, 1.807) is 0 Å². The monoisotopic (exact) mass is 1160 g/mol. The van der Waals surface area contributed by atoms with E-state index in [2.05, 4.69) is 188 Å². The van der Waals surface area contributed by atoms with Crippen molar-refractivity contribution in [1.29, 1.82) is 0 Å². The van der Waals surface area contributed by atoms with Gasteiger partial charge in [-0.15, -0.1) is 54.1 Å². The maximum Gasteiger partial charge on any atom is 0.216 e. The van der Waals surface area contributed by atoms with Gasteiger partial charge in [0.05, 0.1) is 38.6 Å². The van der Waals surface area contributed by atoms with Gasteiger partial charge >= 0.3 is 0 Å². The summed E-state index contributed by atoms with van der Waals surface area (Å²) in [7, 11) is -3.16. The molecule has 1 radical (unpaired) electrons. The second-order valence-electron chi connectivity index (χ2n) is 22.8. The average molecular weight is 1160 g/mol. The maximum atomic E-state index is 6.73. The van der Waals surface area contributed by atoms with Crippen LogP contribution in [0, 0.1) is 12.1 Å². The molecule has 0 atom stereocenters. The first-order valence-electron chi connectivity index (χ1n) is 25.1. The first-order chi connectivity index (χ1) is 33.7. The smallest absolute Gasteiger partial charge is 0.216 e.